The number of pyridine rings is 1. The van der Waals surface area contributed by atoms with E-state index in [2.05, 4.69) is 42.9 Å². The molecule has 3 rings (SSSR count). The molecule has 1 heterocycles. The maximum atomic E-state index is 5.84. The maximum Gasteiger partial charge on any atom is 0.233 e. The van der Waals surface area contributed by atoms with E-state index in [4.69, 9.17) is 10.5 Å². The number of rotatable bonds is 2. The average Bonchev–Trinajstić information content (AvgIpc) is 2.45. The Morgan fingerprint density at radius 3 is 2.65 bits per heavy atom. The molecule has 0 aliphatic carbocycles. The van der Waals surface area contributed by atoms with Crippen LogP contribution in [0.15, 0.2) is 57.6 Å². The van der Waals surface area contributed by atoms with Crippen molar-refractivity contribution in [3.63, 3.8) is 0 Å². The Labute approximate surface area is 133 Å². The minimum atomic E-state index is 0.482. The molecule has 3 nitrogen and oxygen atoms in total. The van der Waals surface area contributed by atoms with Crippen molar-refractivity contribution in [2.45, 2.75) is 0 Å². The molecule has 5 heteroatoms. The Kier molecular flexibility index (Phi) is 3.63. The summed E-state index contributed by atoms with van der Waals surface area (Å²) >= 11 is 6.98. The van der Waals surface area contributed by atoms with Crippen LogP contribution < -0.4 is 10.5 Å². The average molecular weight is 394 g/mol. The summed E-state index contributed by atoms with van der Waals surface area (Å²) in [5.41, 5.74) is 6.25. The fourth-order valence-electron chi connectivity index (χ4n) is 1.91. The van der Waals surface area contributed by atoms with Crippen LogP contribution in [-0.4, -0.2) is 4.98 Å². The molecule has 1 aromatic heterocycles. The van der Waals surface area contributed by atoms with Gasteiger partial charge in [-0.15, -0.1) is 0 Å². The first-order chi connectivity index (χ1) is 9.65. The third-order valence-electron chi connectivity index (χ3n) is 2.86. The van der Waals surface area contributed by atoms with Crippen LogP contribution in [0.4, 0.5) is 5.69 Å². The fraction of sp³-hybridized carbons (Fsp3) is 0. The summed E-state index contributed by atoms with van der Waals surface area (Å²) in [7, 11) is 0. The van der Waals surface area contributed by atoms with Crippen LogP contribution in [0.1, 0.15) is 0 Å². The Morgan fingerprint density at radius 2 is 1.85 bits per heavy atom. The normalized spacial score (nSPS) is 10.7. The molecule has 0 saturated carbocycles. The van der Waals surface area contributed by atoms with E-state index >= 15 is 0 Å². The van der Waals surface area contributed by atoms with Gasteiger partial charge in [0.15, 0.2) is 0 Å². The first kappa shape index (κ1) is 13.4. The van der Waals surface area contributed by atoms with Crippen molar-refractivity contribution in [1.82, 2.24) is 4.98 Å². The zero-order valence-corrected chi connectivity index (χ0v) is 13.5. The molecule has 2 N–H and O–H groups in total. The lowest BCUT2D eigenvalue weighted by Crippen LogP contribution is -1.93. The second-order valence-corrected chi connectivity index (χ2v) is 5.90. The zero-order valence-electron chi connectivity index (χ0n) is 10.3. The number of anilines is 1. The third kappa shape index (κ3) is 2.51. The smallest absolute Gasteiger partial charge is 0.233 e. The van der Waals surface area contributed by atoms with Gasteiger partial charge in [-0.25, -0.2) is 4.98 Å². The van der Waals surface area contributed by atoms with Crippen molar-refractivity contribution in [3.05, 3.63) is 57.6 Å². The Balaban J connectivity index is 2.04. The van der Waals surface area contributed by atoms with E-state index in [0.29, 0.717) is 17.3 Å². The van der Waals surface area contributed by atoms with Crippen LogP contribution in [0.2, 0.25) is 0 Å². The van der Waals surface area contributed by atoms with Gasteiger partial charge in [0, 0.05) is 0 Å². The second kappa shape index (κ2) is 5.42. The second-order valence-electron chi connectivity index (χ2n) is 4.26. The molecule has 0 saturated heterocycles. The highest BCUT2D eigenvalue weighted by atomic mass is 79.9. The van der Waals surface area contributed by atoms with Crippen LogP contribution in [0.5, 0.6) is 11.6 Å². The van der Waals surface area contributed by atoms with Gasteiger partial charge in [-0.1, -0.05) is 30.3 Å². The third-order valence-corrected chi connectivity index (χ3v) is 4.25. The molecule has 3 aromatic rings. The van der Waals surface area contributed by atoms with Crippen molar-refractivity contribution in [2.24, 2.45) is 0 Å². The summed E-state index contributed by atoms with van der Waals surface area (Å²) < 4.78 is 7.47. The number of aromatic nitrogens is 1. The number of nitrogens with two attached hydrogens (primary N) is 1. The molecule has 0 atom stereocenters. The molecule has 0 spiro atoms. The van der Waals surface area contributed by atoms with E-state index in [-0.39, 0.29) is 0 Å². The molecule has 0 unspecified atom stereocenters. The number of halogens is 2. The number of nitrogens with zero attached hydrogens (tertiary/aromatic N) is 1. The van der Waals surface area contributed by atoms with Crippen LogP contribution in [0.3, 0.4) is 0 Å². The van der Waals surface area contributed by atoms with E-state index < -0.39 is 0 Å². The Bertz CT molecular complexity index is 790. The summed E-state index contributed by atoms with van der Waals surface area (Å²) in [6.45, 7) is 0. The largest absolute Gasteiger partial charge is 0.437 e. The van der Waals surface area contributed by atoms with Crippen LogP contribution in [0, 0.1) is 0 Å². The summed E-state index contributed by atoms with van der Waals surface area (Å²) in [4.78, 5) is 4.18. The summed E-state index contributed by atoms with van der Waals surface area (Å²) in [5.74, 6) is 1.19. The number of fused-ring (bicyclic) bond motifs is 1. The monoisotopic (exact) mass is 392 g/mol. The van der Waals surface area contributed by atoms with E-state index in [1.807, 2.05) is 30.3 Å². The van der Waals surface area contributed by atoms with Gasteiger partial charge in [0.2, 0.25) is 5.88 Å². The molecule has 0 aliphatic heterocycles. The molecule has 20 heavy (non-hydrogen) atoms. The van der Waals surface area contributed by atoms with Crippen molar-refractivity contribution in [2.75, 3.05) is 5.73 Å². The van der Waals surface area contributed by atoms with E-state index in [9.17, 15) is 0 Å². The van der Waals surface area contributed by atoms with Gasteiger partial charge in [-0.2, -0.15) is 0 Å². The minimum absolute atomic E-state index is 0.482. The number of benzene rings is 2. The van der Waals surface area contributed by atoms with Gasteiger partial charge < -0.3 is 10.5 Å². The summed E-state index contributed by atoms with van der Waals surface area (Å²) in [6, 6.07) is 13.8. The van der Waals surface area contributed by atoms with Crippen LogP contribution in [0.25, 0.3) is 10.8 Å². The number of nitrogen functional groups attached to an aromatic ring is 1. The predicted molar refractivity (Wildman–Crippen MR) is 88.1 cm³/mol. The molecule has 0 bridgehead atoms. The van der Waals surface area contributed by atoms with Gasteiger partial charge in [0.25, 0.3) is 0 Å². The number of hydrogen-bond donors (Lipinski definition) is 1. The van der Waals surface area contributed by atoms with Crippen LogP contribution >= 0.6 is 31.9 Å². The highest BCUT2D eigenvalue weighted by molar-refractivity contribution is 9.11. The lowest BCUT2D eigenvalue weighted by Gasteiger charge is -2.10. The zero-order chi connectivity index (χ0) is 14.1. The lowest BCUT2D eigenvalue weighted by molar-refractivity contribution is 0.458. The Hall–Kier alpha value is -1.59. The van der Waals surface area contributed by atoms with Crippen molar-refractivity contribution in [1.29, 1.82) is 0 Å². The van der Waals surface area contributed by atoms with Crippen molar-refractivity contribution < 1.29 is 4.74 Å². The molecule has 2 aromatic carbocycles. The first-order valence-electron chi connectivity index (χ1n) is 5.91. The van der Waals surface area contributed by atoms with Gasteiger partial charge in [-0.3, -0.25) is 0 Å². The van der Waals surface area contributed by atoms with Crippen LogP contribution in [-0.2, 0) is 0 Å². The number of ether oxygens (including phenoxy) is 1. The lowest BCUT2D eigenvalue weighted by atomic mass is 10.1. The fourth-order valence-corrected chi connectivity index (χ4v) is 2.93. The summed E-state index contributed by atoms with van der Waals surface area (Å²) in [6.07, 6.45) is 1.56. The molecule has 0 amide bonds. The first-order valence-corrected chi connectivity index (χ1v) is 7.50. The van der Waals surface area contributed by atoms with E-state index in [1.54, 1.807) is 12.3 Å². The van der Waals surface area contributed by atoms with Crippen molar-refractivity contribution in [3.8, 4) is 11.6 Å². The predicted octanol–water partition coefficient (Wildman–Crippen LogP) is 5.13. The maximum absolute atomic E-state index is 5.84. The highest BCUT2D eigenvalue weighted by Gasteiger charge is 2.10. The minimum Gasteiger partial charge on any atom is -0.437 e. The number of hydrogen-bond acceptors (Lipinski definition) is 3. The van der Waals surface area contributed by atoms with Gasteiger partial charge >= 0.3 is 0 Å². The molecule has 0 radical (unpaired) electrons. The molecule has 100 valence electrons. The van der Waals surface area contributed by atoms with E-state index in [0.717, 1.165) is 19.7 Å². The van der Waals surface area contributed by atoms with E-state index in [1.165, 1.54) is 0 Å². The molecule has 0 fully saturated rings. The van der Waals surface area contributed by atoms with Crippen molar-refractivity contribution >= 4 is 48.3 Å². The SMILES string of the molecule is Nc1cnc(Oc2ccc3ccccc3c2Br)c(Br)c1. The highest BCUT2D eigenvalue weighted by Crippen LogP contribution is 2.37. The topological polar surface area (TPSA) is 48.1 Å². The molecular weight excluding hydrogens is 384 g/mol. The Morgan fingerprint density at radius 1 is 1.05 bits per heavy atom. The standard InChI is InChI=1S/C15H10Br2N2O/c16-12-7-10(18)8-19-15(12)20-13-6-5-9-3-1-2-4-11(9)14(13)17/h1-8H,18H2. The quantitative estimate of drug-likeness (QED) is 0.656. The van der Waals surface area contributed by atoms with Gasteiger partial charge in [0.1, 0.15) is 5.75 Å². The summed E-state index contributed by atoms with van der Waals surface area (Å²) in [5, 5.41) is 2.24. The molecular formula is C15H10Br2N2O. The van der Waals surface area contributed by atoms with Gasteiger partial charge in [0.05, 0.1) is 20.8 Å². The van der Waals surface area contributed by atoms with Gasteiger partial charge in [-0.05, 0) is 54.8 Å². The molecule has 0 aliphatic rings.